The lowest BCUT2D eigenvalue weighted by Gasteiger charge is -2.19. The van der Waals surface area contributed by atoms with Gasteiger partial charge in [0.05, 0.1) is 9.92 Å². The van der Waals surface area contributed by atoms with Crippen molar-refractivity contribution < 1.29 is 17.9 Å². The van der Waals surface area contributed by atoms with Gasteiger partial charge in [0.2, 0.25) is 10.0 Å². The highest BCUT2D eigenvalue weighted by Crippen LogP contribution is 2.29. The number of benzene rings is 2. The average Bonchev–Trinajstić information content (AvgIpc) is 2.63. The number of aryl methyl sites for hydroxylation is 1. The first-order chi connectivity index (χ1) is 13.2. The Kier molecular flexibility index (Phi) is 7.71. The van der Waals surface area contributed by atoms with E-state index in [2.05, 4.69) is 5.32 Å². The summed E-state index contributed by atoms with van der Waals surface area (Å²) in [5.74, 6) is -0.149. The summed E-state index contributed by atoms with van der Waals surface area (Å²) < 4.78 is 31.8. The Bertz CT molecular complexity index is 960. The average molecular weight is 445 g/mol. The molecule has 2 rings (SSSR count). The molecule has 0 spiro atoms. The minimum atomic E-state index is -3.62. The maximum Gasteiger partial charge on any atom is 0.262 e. The molecule has 9 heteroatoms. The Morgan fingerprint density at radius 3 is 2.36 bits per heavy atom. The van der Waals surface area contributed by atoms with Gasteiger partial charge in [-0.15, -0.1) is 0 Å². The molecule has 0 heterocycles. The van der Waals surface area contributed by atoms with Crippen molar-refractivity contribution >= 4 is 44.8 Å². The summed E-state index contributed by atoms with van der Waals surface area (Å²) in [6, 6.07) is 9.30. The fourth-order valence-corrected chi connectivity index (χ4v) is 4.58. The van der Waals surface area contributed by atoms with Crippen molar-refractivity contribution in [3.63, 3.8) is 0 Å². The summed E-state index contributed by atoms with van der Waals surface area (Å²) in [6.07, 6.45) is 0. The van der Waals surface area contributed by atoms with Gasteiger partial charge in [-0.1, -0.05) is 37.0 Å². The Morgan fingerprint density at radius 1 is 1.11 bits per heavy atom. The molecular weight excluding hydrogens is 423 g/mol. The van der Waals surface area contributed by atoms with Gasteiger partial charge in [-0.3, -0.25) is 4.79 Å². The van der Waals surface area contributed by atoms with Crippen LogP contribution in [0.5, 0.6) is 5.75 Å². The number of sulfonamides is 1. The number of anilines is 1. The van der Waals surface area contributed by atoms with Crippen LogP contribution in [0.1, 0.15) is 19.4 Å². The van der Waals surface area contributed by atoms with E-state index in [1.807, 2.05) is 6.92 Å². The van der Waals surface area contributed by atoms with Crippen LogP contribution in [-0.2, 0) is 14.8 Å². The molecule has 1 amide bonds. The van der Waals surface area contributed by atoms with Crippen molar-refractivity contribution in [3.05, 3.63) is 52.0 Å². The van der Waals surface area contributed by atoms with Crippen molar-refractivity contribution in [1.82, 2.24) is 4.31 Å². The fraction of sp³-hybridized carbons (Fsp3) is 0.316. The van der Waals surface area contributed by atoms with Crippen LogP contribution in [0.4, 0.5) is 5.69 Å². The largest absolute Gasteiger partial charge is 0.482 e. The summed E-state index contributed by atoms with van der Waals surface area (Å²) in [7, 11) is -3.62. The van der Waals surface area contributed by atoms with Crippen LogP contribution in [0.2, 0.25) is 10.0 Å². The molecule has 28 heavy (non-hydrogen) atoms. The lowest BCUT2D eigenvalue weighted by molar-refractivity contribution is -0.118. The molecule has 0 fully saturated rings. The quantitative estimate of drug-likeness (QED) is 0.656. The molecule has 0 saturated heterocycles. The van der Waals surface area contributed by atoms with Crippen molar-refractivity contribution in [2.45, 2.75) is 25.7 Å². The van der Waals surface area contributed by atoms with E-state index >= 15 is 0 Å². The van der Waals surface area contributed by atoms with Crippen LogP contribution in [0.3, 0.4) is 0 Å². The zero-order valence-electron chi connectivity index (χ0n) is 15.8. The molecule has 152 valence electrons. The van der Waals surface area contributed by atoms with E-state index < -0.39 is 10.0 Å². The second kappa shape index (κ2) is 9.60. The van der Waals surface area contributed by atoms with Gasteiger partial charge in [-0.2, -0.15) is 4.31 Å². The topological polar surface area (TPSA) is 75.7 Å². The van der Waals surface area contributed by atoms with Crippen molar-refractivity contribution in [2.24, 2.45) is 0 Å². The zero-order valence-corrected chi connectivity index (χ0v) is 18.2. The van der Waals surface area contributed by atoms with Gasteiger partial charge in [0.1, 0.15) is 5.75 Å². The number of hydrogen-bond donors (Lipinski definition) is 1. The first-order valence-corrected chi connectivity index (χ1v) is 10.9. The van der Waals surface area contributed by atoms with Crippen LogP contribution in [0.15, 0.2) is 41.3 Å². The molecule has 0 unspecified atom stereocenters. The number of carbonyl (C=O) groups is 1. The number of ether oxygens (including phenoxy) is 1. The molecule has 0 aromatic heterocycles. The van der Waals surface area contributed by atoms with Gasteiger partial charge in [-0.05, 0) is 48.9 Å². The third-order valence-electron chi connectivity index (χ3n) is 4.07. The van der Waals surface area contributed by atoms with E-state index in [1.165, 1.54) is 22.5 Å². The summed E-state index contributed by atoms with van der Waals surface area (Å²) in [6.45, 7) is 5.80. The number of halogens is 2. The summed E-state index contributed by atoms with van der Waals surface area (Å²) >= 11 is 12.1. The van der Waals surface area contributed by atoms with E-state index in [0.717, 1.165) is 5.56 Å². The molecule has 2 aromatic rings. The predicted octanol–water partition coefficient (Wildman–Crippen LogP) is 4.35. The fourth-order valence-electron chi connectivity index (χ4n) is 2.57. The van der Waals surface area contributed by atoms with E-state index in [0.29, 0.717) is 23.8 Å². The van der Waals surface area contributed by atoms with Gasteiger partial charge in [0.15, 0.2) is 6.61 Å². The standard InChI is InChI=1S/C19H22Cl2N2O4S/c1-4-23(5-2)28(25,26)15-7-9-18(16(21)11-15)27-12-19(24)22-17-8-6-14(20)10-13(17)3/h6-11H,4-5,12H2,1-3H3,(H,22,24). The SMILES string of the molecule is CCN(CC)S(=O)(=O)c1ccc(OCC(=O)Nc2ccc(Cl)cc2C)c(Cl)c1. The van der Waals surface area contributed by atoms with Crippen LogP contribution < -0.4 is 10.1 Å². The molecule has 6 nitrogen and oxygen atoms in total. The summed E-state index contributed by atoms with van der Waals surface area (Å²) in [5.41, 5.74) is 1.45. The lowest BCUT2D eigenvalue weighted by Crippen LogP contribution is -2.30. The molecule has 0 aliphatic rings. The van der Waals surface area contributed by atoms with E-state index in [1.54, 1.807) is 32.0 Å². The van der Waals surface area contributed by atoms with Crippen molar-refractivity contribution in [1.29, 1.82) is 0 Å². The van der Waals surface area contributed by atoms with Crippen LogP contribution in [0.25, 0.3) is 0 Å². The number of hydrogen-bond acceptors (Lipinski definition) is 4. The number of nitrogens with zero attached hydrogens (tertiary/aromatic N) is 1. The molecule has 2 aromatic carbocycles. The Balaban J connectivity index is 2.06. The molecular formula is C19H22Cl2N2O4S. The Morgan fingerprint density at radius 2 is 1.79 bits per heavy atom. The zero-order chi connectivity index (χ0) is 20.9. The van der Waals surface area contributed by atoms with Crippen LogP contribution in [0, 0.1) is 6.92 Å². The smallest absolute Gasteiger partial charge is 0.262 e. The first-order valence-electron chi connectivity index (χ1n) is 8.67. The lowest BCUT2D eigenvalue weighted by atomic mass is 10.2. The van der Waals surface area contributed by atoms with Crippen molar-refractivity contribution in [2.75, 3.05) is 25.0 Å². The number of rotatable bonds is 8. The highest BCUT2D eigenvalue weighted by atomic mass is 35.5. The first kappa shape index (κ1) is 22.5. The van der Waals surface area contributed by atoms with Crippen molar-refractivity contribution in [3.8, 4) is 5.75 Å². The summed E-state index contributed by atoms with van der Waals surface area (Å²) in [4.78, 5) is 12.2. The van der Waals surface area contributed by atoms with E-state index in [4.69, 9.17) is 27.9 Å². The highest BCUT2D eigenvalue weighted by molar-refractivity contribution is 7.89. The Labute approximate surface area is 175 Å². The molecule has 0 radical (unpaired) electrons. The molecule has 0 atom stereocenters. The third kappa shape index (κ3) is 5.38. The number of amides is 1. The normalized spacial score (nSPS) is 11.5. The van der Waals surface area contributed by atoms with E-state index in [-0.39, 0.29) is 28.2 Å². The molecule has 0 bridgehead atoms. The monoisotopic (exact) mass is 444 g/mol. The van der Waals surface area contributed by atoms with Crippen LogP contribution in [-0.4, -0.2) is 38.3 Å². The number of nitrogens with one attached hydrogen (secondary N) is 1. The molecule has 0 aliphatic heterocycles. The van der Waals surface area contributed by atoms with Gasteiger partial charge >= 0.3 is 0 Å². The minimum absolute atomic E-state index is 0.0785. The summed E-state index contributed by atoms with van der Waals surface area (Å²) in [5, 5.41) is 3.42. The predicted molar refractivity (Wildman–Crippen MR) is 112 cm³/mol. The maximum absolute atomic E-state index is 12.5. The number of carbonyl (C=O) groups excluding carboxylic acids is 1. The maximum atomic E-state index is 12.5. The van der Waals surface area contributed by atoms with E-state index in [9.17, 15) is 13.2 Å². The Hall–Kier alpha value is -1.80. The van der Waals surface area contributed by atoms with Gasteiger partial charge in [0.25, 0.3) is 5.91 Å². The van der Waals surface area contributed by atoms with Gasteiger partial charge < -0.3 is 10.1 Å². The second-order valence-electron chi connectivity index (χ2n) is 5.98. The van der Waals surface area contributed by atoms with Gasteiger partial charge in [-0.25, -0.2) is 8.42 Å². The third-order valence-corrected chi connectivity index (χ3v) is 6.64. The molecule has 0 aliphatic carbocycles. The minimum Gasteiger partial charge on any atom is -0.482 e. The van der Waals surface area contributed by atoms with Gasteiger partial charge in [0, 0.05) is 23.8 Å². The molecule has 1 N–H and O–H groups in total. The van der Waals surface area contributed by atoms with Crippen LogP contribution >= 0.6 is 23.2 Å². The second-order valence-corrected chi connectivity index (χ2v) is 8.76. The molecule has 0 saturated carbocycles. The highest BCUT2D eigenvalue weighted by Gasteiger charge is 2.22.